The van der Waals surface area contributed by atoms with Crippen LogP contribution in [0.25, 0.3) is 0 Å². The first-order valence-corrected chi connectivity index (χ1v) is 6.50. The van der Waals surface area contributed by atoms with E-state index in [9.17, 15) is 0 Å². The average molecular weight is 216 g/mol. The predicted molar refractivity (Wildman–Crippen MR) is 63.1 cm³/mol. The fraction of sp³-hybridized carbons (Fsp3) is 0.900. The number of nitrogens with one attached hydrogen (secondary N) is 1. The number of hydrogen-bond acceptors (Lipinski definition) is 4. The van der Waals surface area contributed by atoms with E-state index in [2.05, 4.69) is 17.2 Å². The molecule has 0 aliphatic carbocycles. The summed E-state index contributed by atoms with van der Waals surface area (Å²) >= 11 is 1.70. The van der Waals surface area contributed by atoms with Gasteiger partial charge in [0.05, 0.1) is 12.4 Å². The van der Waals surface area contributed by atoms with Crippen LogP contribution in [0.1, 0.15) is 26.2 Å². The van der Waals surface area contributed by atoms with Crippen molar-refractivity contribution in [1.29, 1.82) is 0 Å². The molecule has 1 aliphatic rings. The summed E-state index contributed by atoms with van der Waals surface area (Å²) in [4.78, 5) is 4.44. The zero-order chi connectivity index (χ0) is 10.4. The summed E-state index contributed by atoms with van der Waals surface area (Å²) < 4.78 is 0. The molecule has 3 nitrogen and oxygen atoms in total. The van der Waals surface area contributed by atoms with Crippen molar-refractivity contribution in [2.75, 3.05) is 19.4 Å². The molecule has 1 rings (SSSR count). The molecular weight excluding hydrogens is 196 g/mol. The molecule has 0 fully saturated rings. The second-order valence-corrected chi connectivity index (χ2v) is 4.75. The van der Waals surface area contributed by atoms with E-state index in [1.807, 2.05) is 6.26 Å². The molecule has 2 atom stereocenters. The summed E-state index contributed by atoms with van der Waals surface area (Å²) in [6, 6.07) is 0.298. The lowest BCUT2D eigenvalue weighted by atomic mass is 10.1. The number of hydrogen-bond donors (Lipinski definition) is 2. The molecule has 0 aromatic heterocycles. The lowest BCUT2D eigenvalue weighted by Crippen LogP contribution is -2.41. The number of aliphatic hydroxyl groups is 1. The third kappa shape index (κ3) is 3.50. The maximum atomic E-state index is 9.13. The first-order valence-electron chi connectivity index (χ1n) is 5.21. The van der Waals surface area contributed by atoms with E-state index in [-0.39, 0.29) is 11.9 Å². The quantitative estimate of drug-likeness (QED) is 0.744. The minimum Gasteiger partial charge on any atom is -0.395 e. The van der Waals surface area contributed by atoms with Crippen molar-refractivity contribution in [2.45, 2.75) is 37.5 Å². The summed E-state index contributed by atoms with van der Waals surface area (Å²) in [6.07, 6.45) is 5.55. The van der Waals surface area contributed by atoms with Gasteiger partial charge in [-0.3, -0.25) is 4.99 Å². The van der Waals surface area contributed by atoms with E-state index in [4.69, 9.17) is 5.11 Å². The third-order valence-electron chi connectivity index (χ3n) is 2.56. The van der Waals surface area contributed by atoms with Gasteiger partial charge in [0, 0.05) is 24.3 Å². The molecule has 0 radical (unpaired) electrons. The van der Waals surface area contributed by atoms with Crippen molar-refractivity contribution in [1.82, 2.24) is 5.32 Å². The number of aliphatic imine (C=N–C) groups is 1. The first-order chi connectivity index (χ1) is 6.77. The molecule has 1 heterocycles. The number of rotatable bonds is 4. The van der Waals surface area contributed by atoms with Crippen LogP contribution in [0.5, 0.6) is 0 Å². The van der Waals surface area contributed by atoms with Crippen molar-refractivity contribution >= 4 is 17.6 Å². The average Bonchev–Trinajstić information content (AvgIpc) is 2.21. The van der Waals surface area contributed by atoms with Crippen molar-refractivity contribution < 1.29 is 5.11 Å². The van der Waals surface area contributed by atoms with Crippen LogP contribution in [-0.2, 0) is 0 Å². The Bertz CT molecular complexity index is 193. The standard InChI is InChI=1S/C10H20N2OS/c1-8(9(7-13)14-2)12-10-5-3-4-6-11-10/h8-9,13H,3-7H2,1-2H3,(H,11,12). The van der Waals surface area contributed by atoms with Crippen LogP contribution in [0.15, 0.2) is 4.99 Å². The normalized spacial score (nSPS) is 21.2. The Balaban J connectivity index is 2.38. The second-order valence-electron chi connectivity index (χ2n) is 3.68. The van der Waals surface area contributed by atoms with Gasteiger partial charge in [-0.25, -0.2) is 0 Å². The highest BCUT2D eigenvalue weighted by Gasteiger charge is 2.16. The van der Waals surface area contributed by atoms with Crippen molar-refractivity contribution in [3.63, 3.8) is 0 Å². The van der Waals surface area contributed by atoms with Crippen LogP contribution in [0, 0.1) is 0 Å². The molecule has 0 aromatic rings. The molecule has 0 saturated heterocycles. The van der Waals surface area contributed by atoms with E-state index in [1.54, 1.807) is 11.8 Å². The van der Waals surface area contributed by atoms with Crippen molar-refractivity contribution in [2.24, 2.45) is 4.99 Å². The Morgan fingerprint density at radius 1 is 1.57 bits per heavy atom. The Hall–Kier alpha value is -0.220. The predicted octanol–water partition coefficient (Wildman–Crippen LogP) is 1.27. The first kappa shape index (κ1) is 11.9. The van der Waals surface area contributed by atoms with Gasteiger partial charge in [-0.15, -0.1) is 0 Å². The summed E-state index contributed by atoms with van der Waals surface area (Å²) in [7, 11) is 0. The SMILES string of the molecule is CSC(CO)C(C)NC1=NCCCC1. The van der Waals surface area contributed by atoms with Crippen LogP contribution in [0.2, 0.25) is 0 Å². The third-order valence-corrected chi connectivity index (χ3v) is 3.72. The maximum Gasteiger partial charge on any atom is 0.0965 e. The minimum absolute atomic E-state index is 0.225. The van der Waals surface area contributed by atoms with E-state index < -0.39 is 0 Å². The monoisotopic (exact) mass is 216 g/mol. The molecule has 1 aliphatic heterocycles. The molecule has 0 spiro atoms. The molecule has 82 valence electrons. The molecule has 14 heavy (non-hydrogen) atoms. The van der Waals surface area contributed by atoms with Crippen LogP contribution in [0.3, 0.4) is 0 Å². The molecule has 2 N–H and O–H groups in total. The van der Waals surface area contributed by atoms with Gasteiger partial charge in [-0.1, -0.05) is 0 Å². The van der Waals surface area contributed by atoms with Gasteiger partial charge >= 0.3 is 0 Å². The number of nitrogens with zero attached hydrogens (tertiary/aromatic N) is 1. The van der Waals surface area contributed by atoms with Crippen molar-refractivity contribution in [3.8, 4) is 0 Å². The topological polar surface area (TPSA) is 44.6 Å². The molecule has 0 saturated carbocycles. The van der Waals surface area contributed by atoms with Crippen LogP contribution >= 0.6 is 11.8 Å². The second kappa shape index (κ2) is 6.30. The van der Waals surface area contributed by atoms with Gasteiger partial charge in [-0.2, -0.15) is 11.8 Å². The van der Waals surface area contributed by atoms with Gasteiger partial charge in [-0.05, 0) is 26.0 Å². The van der Waals surface area contributed by atoms with Gasteiger partial charge in [0.15, 0.2) is 0 Å². The van der Waals surface area contributed by atoms with E-state index >= 15 is 0 Å². The van der Waals surface area contributed by atoms with E-state index in [1.165, 1.54) is 12.8 Å². The zero-order valence-corrected chi connectivity index (χ0v) is 9.81. The summed E-state index contributed by atoms with van der Waals surface area (Å²) in [6.45, 7) is 3.29. The van der Waals surface area contributed by atoms with Crippen LogP contribution < -0.4 is 5.32 Å². The van der Waals surface area contributed by atoms with E-state index in [0.717, 1.165) is 18.8 Å². The molecule has 0 bridgehead atoms. The molecule has 0 aromatic carbocycles. The Labute approximate surface area is 90.4 Å². The summed E-state index contributed by atoms with van der Waals surface area (Å²) in [5.41, 5.74) is 0. The van der Waals surface area contributed by atoms with Crippen molar-refractivity contribution in [3.05, 3.63) is 0 Å². The van der Waals surface area contributed by atoms with Gasteiger partial charge < -0.3 is 10.4 Å². The highest BCUT2D eigenvalue weighted by molar-refractivity contribution is 7.99. The molecule has 2 unspecified atom stereocenters. The molecule has 0 amide bonds. The lowest BCUT2D eigenvalue weighted by Gasteiger charge is -2.24. The summed E-state index contributed by atoms with van der Waals surface area (Å²) in [5, 5.41) is 12.8. The maximum absolute atomic E-state index is 9.13. The lowest BCUT2D eigenvalue weighted by molar-refractivity contribution is 0.281. The number of amidine groups is 1. The Morgan fingerprint density at radius 3 is 2.86 bits per heavy atom. The zero-order valence-electron chi connectivity index (χ0n) is 8.99. The minimum atomic E-state index is 0.225. The van der Waals surface area contributed by atoms with Gasteiger partial charge in [0.2, 0.25) is 0 Å². The molecular formula is C10H20N2OS. The highest BCUT2D eigenvalue weighted by atomic mass is 32.2. The highest BCUT2D eigenvalue weighted by Crippen LogP contribution is 2.12. The van der Waals surface area contributed by atoms with Gasteiger partial charge in [0.25, 0.3) is 0 Å². The number of aliphatic hydroxyl groups excluding tert-OH is 1. The van der Waals surface area contributed by atoms with Crippen LogP contribution in [-0.4, -0.2) is 41.6 Å². The Morgan fingerprint density at radius 2 is 2.36 bits per heavy atom. The van der Waals surface area contributed by atoms with Crippen LogP contribution in [0.4, 0.5) is 0 Å². The van der Waals surface area contributed by atoms with Gasteiger partial charge in [0.1, 0.15) is 0 Å². The van der Waals surface area contributed by atoms with E-state index in [0.29, 0.717) is 6.04 Å². The number of thioether (sulfide) groups is 1. The Kier molecular flexibility index (Phi) is 5.33. The molecule has 4 heteroatoms. The fourth-order valence-corrected chi connectivity index (χ4v) is 2.23. The summed E-state index contributed by atoms with van der Waals surface area (Å²) in [5.74, 6) is 1.12. The smallest absolute Gasteiger partial charge is 0.0965 e. The fourth-order valence-electron chi connectivity index (χ4n) is 1.61. The largest absolute Gasteiger partial charge is 0.395 e.